The van der Waals surface area contributed by atoms with Crippen molar-refractivity contribution in [3.05, 3.63) is 59.0 Å². The lowest BCUT2D eigenvalue weighted by Crippen LogP contribution is -2.71. The Bertz CT molecular complexity index is 879. The summed E-state index contributed by atoms with van der Waals surface area (Å²) in [6.45, 7) is 2.35. The van der Waals surface area contributed by atoms with Crippen molar-refractivity contribution >= 4 is 29.5 Å². The van der Waals surface area contributed by atoms with Crippen LogP contribution in [0.1, 0.15) is 12.5 Å². The number of carboxylic acid groups (broad SMARTS) is 1. The van der Waals surface area contributed by atoms with Crippen LogP contribution in [0, 0.1) is 0 Å². The Morgan fingerprint density at radius 2 is 2.04 bits per heavy atom. The Morgan fingerprint density at radius 3 is 2.70 bits per heavy atom. The number of allylic oxidation sites excluding steroid dienone is 1. The number of carboxylic acids is 1. The molecule has 7 nitrogen and oxygen atoms in total. The zero-order chi connectivity index (χ0) is 19.1. The maximum Gasteiger partial charge on any atom is 0.352 e. The van der Waals surface area contributed by atoms with Gasteiger partial charge in [-0.25, -0.2) is 4.79 Å². The molecule has 1 aromatic carbocycles. The van der Waals surface area contributed by atoms with Gasteiger partial charge in [-0.1, -0.05) is 30.3 Å². The predicted octanol–water partition coefficient (Wildman–Crippen LogP) is 1.27. The normalized spacial score (nSPS) is 25.5. The summed E-state index contributed by atoms with van der Waals surface area (Å²) in [5.41, 5.74) is 1.43. The van der Waals surface area contributed by atoms with E-state index in [2.05, 4.69) is 5.32 Å². The molecule has 27 heavy (non-hydrogen) atoms. The van der Waals surface area contributed by atoms with Gasteiger partial charge in [0, 0.05) is 5.57 Å². The largest absolute Gasteiger partial charge is 0.497 e. The van der Waals surface area contributed by atoms with E-state index in [-0.39, 0.29) is 23.3 Å². The maximum absolute atomic E-state index is 12.5. The number of fused-ring (bicyclic) bond motifs is 2. The summed E-state index contributed by atoms with van der Waals surface area (Å²) >= 11 is 1.44. The van der Waals surface area contributed by atoms with Gasteiger partial charge in [0.15, 0.2) is 0 Å². The second-order valence-corrected chi connectivity index (χ2v) is 7.64. The van der Waals surface area contributed by atoms with Crippen LogP contribution in [0.5, 0.6) is 0 Å². The van der Waals surface area contributed by atoms with Crippen LogP contribution >= 0.6 is 11.8 Å². The standard InChI is InChI=1S/C19H18N2O5S/c1-2-26-12-9-11-15(19(24)25)21-17(23)14(18(21)27-16(11)12)20-13(22)8-10-6-4-3-5-7-10/h3-7,9,14,16,18H,2,8H2,1H3,(H,20,22)(H,24,25)/t14-,16-,18-/m1/s1. The minimum absolute atomic E-state index is 0.00855. The Morgan fingerprint density at radius 1 is 1.30 bits per heavy atom. The number of rotatable bonds is 6. The van der Waals surface area contributed by atoms with Crippen molar-refractivity contribution in [2.75, 3.05) is 6.61 Å². The van der Waals surface area contributed by atoms with Gasteiger partial charge >= 0.3 is 5.97 Å². The molecular weight excluding hydrogens is 368 g/mol. The molecule has 3 aliphatic rings. The van der Waals surface area contributed by atoms with Gasteiger partial charge in [0.1, 0.15) is 22.9 Å². The third kappa shape index (κ3) is 2.90. The highest BCUT2D eigenvalue weighted by atomic mass is 32.2. The molecule has 1 saturated heterocycles. The SMILES string of the molecule is CCOC1=CC2=C(C(=O)O)N3C(=O)[C@@H](NC(=O)Cc4ccccc4)[C@H]3S[C@@H]12. The number of carbonyl (C=O) groups excluding carboxylic acids is 2. The number of benzene rings is 1. The van der Waals surface area contributed by atoms with Crippen LogP contribution in [0.25, 0.3) is 0 Å². The molecule has 0 unspecified atom stereocenters. The first-order chi connectivity index (χ1) is 13.0. The van der Waals surface area contributed by atoms with Crippen molar-refractivity contribution < 1.29 is 24.2 Å². The number of thioether (sulfide) groups is 1. The number of carbonyl (C=O) groups is 3. The van der Waals surface area contributed by atoms with E-state index in [9.17, 15) is 19.5 Å². The van der Waals surface area contributed by atoms with Crippen LogP contribution in [0.3, 0.4) is 0 Å². The summed E-state index contributed by atoms with van der Waals surface area (Å²) in [4.78, 5) is 37.8. The molecule has 0 aromatic heterocycles. The van der Waals surface area contributed by atoms with E-state index in [1.165, 1.54) is 16.7 Å². The topological polar surface area (TPSA) is 95.9 Å². The molecule has 1 fully saturated rings. The third-order valence-corrected chi connectivity index (χ3v) is 6.23. The van der Waals surface area contributed by atoms with E-state index in [4.69, 9.17) is 4.74 Å². The van der Waals surface area contributed by atoms with Crippen LogP contribution in [0.2, 0.25) is 0 Å². The Labute approximate surface area is 160 Å². The predicted molar refractivity (Wildman–Crippen MR) is 98.5 cm³/mol. The average molecular weight is 386 g/mol. The molecule has 4 rings (SSSR count). The number of β-lactam (4-membered cyclic amide) rings is 1. The highest BCUT2D eigenvalue weighted by Crippen LogP contribution is 2.51. The molecule has 0 saturated carbocycles. The van der Waals surface area contributed by atoms with Gasteiger partial charge in [-0.15, -0.1) is 11.8 Å². The zero-order valence-electron chi connectivity index (χ0n) is 14.5. The number of amides is 2. The lowest BCUT2D eigenvalue weighted by Gasteiger charge is -2.53. The fraction of sp³-hybridized carbons (Fsp3) is 0.316. The van der Waals surface area contributed by atoms with Gasteiger partial charge < -0.3 is 15.2 Å². The van der Waals surface area contributed by atoms with Crippen molar-refractivity contribution in [1.82, 2.24) is 10.2 Å². The first kappa shape index (κ1) is 17.7. The molecule has 1 aromatic rings. The average Bonchev–Trinajstić information content (AvgIpc) is 2.64. The van der Waals surface area contributed by atoms with Crippen LogP contribution < -0.4 is 5.32 Å². The summed E-state index contributed by atoms with van der Waals surface area (Å²) in [6, 6.07) is 8.51. The molecule has 0 bridgehead atoms. The molecule has 1 aliphatic carbocycles. The van der Waals surface area contributed by atoms with Crippen LogP contribution in [0.4, 0.5) is 0 Å². The summed E-state index contributed by atoms with van der Waals surface area (Å²) in [5, 5.41) is 11.7. The van der Waals surface area contributed by atoms with Crippen molar-refractivity contribution in [3.8, 4) is 0 Å². The molecular formula is C19H18N2O5S. The quantitative estimate of drug-likeness (QED) is 0.715. The minimum Gasteiger partial charge on any atom is -0.497 e. The lowest BCUT2D eigenvalue weighted by molar-refractivity contribution is -0.150. The van der Waals surface area contributed by atoms with E-state index >= 15 is 0 Å². The smallest absolute Gasteiger partial charge is 0.352 e. The minimum atomic E-state index is -1.14. The maximum atomic E-state index is 12.5. The van der Waals surface area contributed by atoms with Crippen LogP contribution in [-0.4, -0.2) is 51.1 Å². The molecule has 2 heterocycles. The number of aliphatic carboxylic acids is 1. The Balaban J connectivity index is 1.50. The highest BCUT2D eigenvalue weighted by molar-refractivity contribution is 8.01. The summed E-state index contributed by atoms with van der Waals surface area (Å²) in [7, 11) is 0. The fourth-order valence-electron chi connectivity index (χ4n) is 3.46. The Kier molecular flexibility index (Phi) is 4.43. The van der Waals surface area contributed by atoms with Crippen molar-refractivity contribution in [3.63, 3.8) is 0 Å². The molecule has 2 N–H and O–H groups in total. The number of nitrogens with zero attached hydrogens (tertiary/aromatic N) is 1. The number of hydrogen-bond acceptors (Lipinski definition) is 5. The fourth-order valence-corrected chi connectivity index (χ4v) is 5.01. The first-order valence-electron chi connectivity index (χ1n) is 8.65. The van der Waals surface area contributed by atoms with Crippen molar-refractivity contribution in [1.29, 1.82) is 0 Å². The summed E-state index contributed by atoms with van der Waals surface area (Å²) in [5.74, 6) is -1.09. The van der Waals surface area contributed by atoms with Gasteiger partial charge in [-0.2, -0.15) is 0 Å². The van der Waals surface area contributed by atoms with E-state index in [0.29, 0.717) is 17.9 Å². The molecule has 2 aliphatic heterocycles. The van der Waals surface area contributed by atoms with E-state index in [1.54, 1.807) is 6.08 Å². The van der Waals surface area contributed by atoms with Crippen LogP contribution in [0.15, 0.2) is 53.4 Å². The molecule has 0 radical (unpaired) electrons. The molecule has 0 spiro atoms. The van der Waals surface area contributed by atoms with E-state index in [0.717, 1.165) is 5.56 Å². The summed E-state index contributed by atoms with van der Waals surface area (Å²) in [6.07, 6.45) is 1.85. The second-order valence-electron chi connectivity index (χ2n) is 6.41. The number of ether oxygens (including phenoxy) is 1. The van der Waals surface area contributed by atoms with Gasteiger partial charge in [-0.3, -0.25) is 14.5 Å². The van der Waals surface area contributed by atoms with Gasteiger partial charge in [0.2, 0.25) is 5.91 Å². The first-order valence-corrected chi connectivity index (χ1v) is 9.59. The molecule has 8 heteroatoms. The highest BCUT2D eigenvalue weighted by Gasteiger charge is 2.58. The van der Waals surface area contributed by atoms with Gasteiger partial charge in [0.05, 0.1) is 18.3 Å². The van der Waals surface area contributed by atoms with Crippen molar-refractivity contribution in [2.24, 2.45) is 0 Å². The number of nitrogens with one attached hydrogen (secondary N) is 1. The monoisotopic (exact) mass is 386 g/mol. The van der Waals surface area contributed by atoms with Gasteiger partial charge in [0.25, 0.3) is 5.91 Å². The van der Waals surface area contributed by atoms with Crippen LogP contribution in [-0.2, 0) is 25.5 Å². The third-order valence-electron chi connectivity index (χ3n) is 4.71. The summed E-state index contributed by atoms with van der Waals surface area (Å²) < 4.78 is 5.53. The number of hydrogen-bond donors (Lipinski definition) is 2. The molecule has 140 valence electrons. The van der Waals surface area contributed by atoms with Gasteiger partial charge in [-0.05, 0) is 18.6 Å². The van der Waals surface area contributed by atoms with E-state index < -0.39 is 23.3 Å². The molecule has 2 amide bonds. The zero-order valence-corrected chi connectivity index (χ0v) is 15.4. The lowest BCUT2D eigenvalue weighted by atomic mass is 9.93. The molecule has 3 atom stereocenters. The second kappa shape index (κ2) is 6.77. The van der Waals surface area contributed by atoms with Crippen molar-refractivity contribution in [2.45, 2.75) is 30.0 Å². The Hall–Kier alpha value is -2.74. The van der Waals surface area contributed by atoms with E-state index in [1.807, 2.05) is 37.3 Å².